The largest absolute Gasteiger partial charge is 0.367 e. The number of aryl methyl sites for hydroxylation is 2. The van der Waals surface area contributed by atoms with Crippen molar-refractivity contribution in [3.63, 3.8) is 0 Å². The number of amides is 4. The maximum atomic E-state index is 16.7. The Labute approximate surface area is 373 Å². The minimum Gasteiger partial charge on any atom is -0.367 e. The Morgan fingerprint density at radius 1 is 0.969 bits per heavy atom. The van der Waals surface area contributed by atoms with Gasteiger partial charge in [-0.1, -0.05) is 29.8 Å². The second-order valence-electron chi connectivity index (χ2n) is 17.0. The number of halogens is 3. The normalized spacial score (nSPS) is 17.3. The number of hydrogen-bond donors (Lipinski definition) is 2. The molecule has 2 fully saturated rings. The fourth-order valence-electron chi connectivity index (χ4n) is 9.32. The first kappa shape index (κ1) is 42.9. The van der Waals surface area contributed by atoms with Gasteiger partial charge in [0, 0.05) is 114 Å². The molecule has 64 heavy (non-hydrogen) atoms. The van der Waals surface area contributed by atoms with Gasteiger partial charge >= 0.3 is 0 Å². The molecular weight excluding hydrogens is 842 g/mol. The number of nitrogens with one attached hydrogen (secondary N) is 2. The third kappa shape index (κ3) is 8.27. The third-order valence-electron chi connectivity index (χ3n) is 12.7. The van der Waals surface area contributed by atoms with E-state index in [0.717, 1.165) is 35.1 Å². The lowest BCUT2D eigenvalue weighted by molar-refractivity contribution is -0.136. The molecule has 6 heterocycles. The van der Waals surface area contributed by atoms with Gasteiger partial charge in [0.1, 0.15) is 17.6 Å². The van der Waals surface area contributed by atoms with Crippen LogP contribution in [-0.4, -0.2) is 123 Å². The lowest BCUT2D eigenvalue weighted by Crippen LogP contribution is -2.47. The summed E-state index contributed by atoms with van der Waals surface area (Å²) in [7, 11) is 3.22. The highest BCUT2D eigenvalue weighted by Gasteiger charge is 2.31. The molecule has 4 amide bonds. The average Bonchev–Trinajstić information content (AvgIpc) is 4.06. The molecule has 0 unspecified atom stereocenters. The van der Waals surface area contributed by atoms with Crippen molar-refractivity contribution in [1.82, 2.24) is 44.6 Å². The number of nitrogens with zero attached hydrogens (tertiary/aromatic N) is 8. The highest BCUT2D eigenvalue weighted by Crippen LogP contribution is 2.42. The number of carbonyl (C=O) groups is 4. The number of hydrogen-bond acceptors (Lipinski definition) is 8. The molecule has 3 aromatic carbocycles. The van der Waals surface area contributed by atoms with Gasteiger partial charge in [-0.05, 0) is 79.3 Å². The molecule has 0 radical (unpaired) electrons. The molecule has 0 saturated carbocycles. The number of aromatic nitrogens is 5. The molecule has 2 N–H and O–H groups in total. The van der Waals surface area contributed by atoms with Crippen molar-refractivity contribution in [3.8, 4) is 11.1 Å². The van der Waals surface area contributed by atoms with Crippen molar-refractivity contribution in [2.75, 3.05) is 64.8 Å². The molecule has 14 nitrogen and oxygen atoms in total. The van der Waals surface area contributed by atoms with Crippen LogP contribution in [0.3, 0.4) is 0 Å². The van der Waals surface area contributed by atoms with Crippen LogP contribution in [0, 0.1) is 18.6 Å². The van der Waals surface area contributed by atoms with E-state index in [0.29, 0.717) is 79.9 Å². The SMILES string of the molecule is Cc1nn([C@H]2CCC(=O)NC2=O)c2cccc(CCN3CCN(c4cc(Cl)c(-c5cc(C6=CCCN(C(=O)CCn7cccn7)C6)c(F)c6[nH]c(C(=O)N(C)C)cc56)cc4F)CC3)c12. The quantitative estimate of drug-likeness (QED) is 0.143. The van der Waals surface area contributed by atoms with Crippen LogP contribution in [0.5, 0.6) is 0 Å². The van der Waals surface area contributed by atoms with Crippen LogP contribution in [0.15, 0.2) is 67.0 Å². The lowest BCUT2D eigenvalue weighted by Gasteiger charge is -2.36. The fraction of sp³-hybridized carbons (Fsp3) is 0.362. The first-order valence-electron chi connectivity index (χ1n) is 21.6. The van der Waals surface area contributed by atoms with Crippen molar-refractivity contribution in [2.45, 2.75) is 51.6 Å². The Morgan fingerprint density at radius 2 is 1.78 bits per heavy atom. The van der Waals surface area contributed by atoms with Gasteiger partial charge < -0.3 is 19.7 Å². The summed E-state index contributed by atoms with van der Waals surface area (Å²) in [6.45, 7) is 6.31. The van der Waals surface area contributed by atoms with Crippen LogP contribution < -0.4 is 10.2 Å². The molecular formula is C47H49ClF2N10O4. The number of carbonyl (C=O) groups excluding carboxylic acids is 4. The van der Waals surface area contributed by atoms with Crippen molar-refractivity contribution in [3.05, 3.63) is 106 Å². The predicted molar refractivity (Wildman–Crippen MR) is 241 cm³/mol. The molecule has 1 atom stereocenters. The summed E-state index contributed by atoms with van der Waals surface area (Å²) in [5, 5.41) is 13.0. The third-order valence-corrected chi connectivity index (χ3v) is 13.0. The van der Waals surface area contributed by atoms with E-state index >= 15 is 8.78 Å². The highest BCUT2D eigenvalue weighted by molar-refractivity contribution is 6.34. The highest BCUT2D eigenvalue weighted by atomic mass is 35.5. The summed E-state index contributed by atoms with van der Waals surface area (Å²) in [6, 6.07) is 13.5. The smallest absolute Gasteiger partial charge is 0.269 e. The summed E-state index contributed by atoms with van der Waals surface area (Å²) in [5.74, 6) is -2.08. The number of fused-ring (bicyclic) bond motifs is 2. The van der Waals surface area contributed by atoms with E-state index in [4.69, 9.17) is 16.7 Å². The zero-order valence-electron chi connectivity index (χ0n) is 36.0. The number of H-pyrrole nitrogens is 1. The number of benzene rings is 3. The molecule has 3 aliphatic heterocycles. The van der Waals surface area contributed by atoms with Gasteiger partial charge in [-0.15, -0.1) is 0 Å². The molecule has 0 bridgehead atoms. The summed E-state index contributed by atoms with van der Waals surface area (Å²) in [4.78, 5) is 61.3. The van der Waals surface area contributed by atoms with Gasteiger partial charge in [0.05, 0.1) is 27.4 Å². The maximum Gasteiger partial charge on any atom is 0.269 e. The Balaban J connectivity index is 0.931. The monoisotopic (exact) mass is 890 g/mol. The van der Waals surface area contributed by atoms with Gasteiger partial charge in [-0.2, -0.15) is 10.2 Å². The molecule has 17 heteroatoms. The first-order chi connectivity index (χ1) is 30.8. The van der Waals surface area contributed by atoms with Gasteiger partial charge in [0.15, 0.2) is 5.82 Å². The van der Waals surface area contributed by atoms with Crippen LogP contribution in [-0.2, 0) is 27.3 Å². The Morgan fingerprint density at radius 3 is 2.53 bits per heavy atom. The summed E-state index contributed by atoms with van der Waals surface area (Å²) in [5.41, 5.74) is 5.09. The van der Waals surface area contributed by atoms with E-state index < -0.39 is 17.7 Å². The molecule has 332 valence electrons. The second-order valence-corrected chi connectivity index (χ2v) is 17.4. The van der Waals surface area contributed by atoms with Crippen LogP contribution in [0.25, 0.3) is 38.5 Å². The number of piperidine rings is 1. The minimum absolute atomic E-state index is 0.0763. The Bertz CT molecular complexity index is 2840. The molecule has 3 aromatic heterocycles. The maximum absolute atomic E-state index is 16.7. The van der Waals surface area contributed by atoms with E-state index in [1.54, 1.807) is 65.0 Å². The van der Waals surface area contributed by atoms with Gasteiger partial charge in [0.2, 0.25) is 11.8 Å². The fourth-order valence-corrected chi connectivity index (χ4v) is 9.58. The molecule has 2 saturated heterocycles. The molecule has 3 aliphatic rings. The van der Waals surface area contributed by atoms with Gasteiger partial charge in [-0.3, -0.25) is 38.8 Å². The van der Waals surface area contributed by atoms with E-state index in [-0.39, 0.29) is 64.8 Å². The van der Waals surface area contributed by atoms with Crippen molar-refractivity contribution >= 4 is 68.3 Å². The number of anilines is 1. The predicted octanol–water partition coefficient (Wildman–Crippen LogP) is 6.37. The van der Waals surface area contributed by atoms with Crippen molar-refractivity contribution < 1.29 is 28.0 Å². The number of imide groups is 1. The van der Waals surface area contributed by atoms with Crippen LogP contribution >= 0.6 is 11.6 Å². The van der Waals surface area contributed by atoms with E-state index in [1.165, 1.54) is 11.0 Å². The number of rotatable bonds is 11. The molecule has 0 spiro atoms. The zero-order valence-corrected chi connectivity index (χ0v) is 36.7. The van der Waals surface area contributed by atoms with Crippen LogP contribution in [0.1, 0.15) is 59.0 Å². The molecule has 6 aromatic rings. The van der Waals surface area contributed by atoms with Crippen molar-refractivity contribution in [1.29, 1.82) is 0 Å². The first-order valence-corrected chi connectivity index (χ1v) is 22.0. The summed E-state index contributed by atoms with van der Waals surface area (Å²) >= 11 is 7.07. The standard InChI is InChI=1S/C47H49ClF2N10O4/c1-28-43-29(7-4-9-38(43)60(54-28)39-10-11-41(61)53-46(39)63)12-17-56-19-21-57(22-20-56)40-26-35(48)33(24-36(40)49)32-23-31(44(50)45-34(32)25-37(52-45)47(64)55(2)3)30-8-5-15-58(27-30)42(62)13-18-59-16-6-14-51-59/h4,6-9,14,16,23-26,39,52H,5,10-13,15,17-22,27H2,1-3H3,(H,53,61,63)/t39-/m0/s1. The Kier molecular flexibility index (Phi) is 11.8. The summed E-state index contributed by atoms with van der Waals surface area (Å²) in [6.07, 6.45) is 7.57. The zero-order chi connectivity index (χ0) is 44.8. The van der Waals surface area contributed by atoms with E-state index in [2.05, 4.69) is 26.4 Å². The lowest BCUT2D eigenvalue weighted by atomic mass is 9.93. The number of piperazine rings is 1. The summed E-state index contributed by atoms with van der Waals surface area (Å²) < 4.78 is 36.6. The van der Waals surface area contributed by atoms with Gasteiger partial charge in [0.25, 0.3) is 11.8 Å². The van der Waals surface area contributed by atoms with Gasteiger partial charge in [-0.25, -0.2) is 8.78 Å². The molecule has 0 aliphatic carbocycles. The van der Waals surface area contributed by atoms with Crippen LogP contribution in [0.2, 0.25) is 5.02 Å². The molecule has 9 rings (SSSR count). The van der Waals surface area contributed by atoms with E-state index in [9.17, 15) is 19.2 Å². The minimum atomic E-state index is -0.575. The average molecular weight is 891 g/mol. The topological polar surface area (TPSA) is 145 Å². The van der Waals surface area contributed by atoms with Crippen molar-refractivity contribution in [2.24, 2.45) is 0 Å². The van der Waals surface area contributed by atoms with Crippen LogP contribution in [0.4, 0.5) is 14.5 Å². The second kappa shape index (κ2) is 17.6. The number of aromatic amines is 1. The Hall–Kier alpha value is -6.39. The van der Waals surface area contributed by atoms with E-state index in [1.807, 2.05) is 30.0 Å².